The molecule has 1 unspecified atom stereocenters. The largest absolute Gasteiger partial charge is 0.402 e. The molecule has 1 saturated carbocycles. The van der Waals surface area contributed by atoms with Crippen LogP contribution in [0.4, 0.5) is 13.2 Å². The molecular formula is C12H22F3N3O2S. The molecule has 1 atom stereocenters. The monoisotopic (exact) mass is 329 g/mol. The van der Waals surface area contributed by atoms with Crippen LogP contribution in [0.1, 0.15) is 25.7 Å². The fraction of sp³-hybridized carbons (Fsp3) is 1.00. The van der Waals surface area contributed by atoms with Crippen LogP contribution in [0.25, 0.3) is 0 Å². The van der Waals surface area contributed by atoms with Crippen molar-refractivity contribution in [1.82, 2.24) is 13.9 Å². The minimum atomic E-state index is -4.50. The van der Waals surface area contributed by atoms with Crippen molar-refractivity contribution in [1.29, 1.82) is 0 Å². The molecule has 0 amide bonds. The number of rotatable bonds is 6. The zero-order valence-electron chi connectivity index (χ0n) is 12.1. The topological polar surface area (TPSA) is 52.7 Å². The summed E-state index contributed by atoms with van der Waals surface area (Å²) in [4.78, 5) is 0. The Morgan fingerprint density at radius 3 is 2.48 bits per heavy atom. The van der Waals surface area contributed by atoms with E-state index in [1.54, 1.807) is 7.05 Å². The third-order valence-corrected chi connectivity index (χ3v) is 5.89. The van der Waals surface area contributed by atoms with E-state index in [-0.39, 0.29) is 5.92 Å². The van der Waals surface area contributed by atoms with E-state index >= 15 is 0 Å². The molecular weight excluding hydrogens is 307 g/mol. The van der Waals surface area contributed by atoms with Crippen LogP contribution in [-0.4, -0.2) is 62.5 Å². The van der Waals surface area contributed by atoms with Gasteiger partial charge in [0.15, 0.2) is 0 Å². The number of hydrogen-bond donors (Lipinski definition) is 1. The Bertz CT molecular complexity index is 449. The Labute approximate surface area is 123 Å². The normalized spacial score (nSPS) is 25.5. The van der Waals surface area contributed by atoms with E-state index in [1.165, 1.54) is 4.31 Å². The third kappa shape index (κ3) is 4.54. The predicted molar refractivity (Wildman–Crippen MR) is 72.9 cm³/mol. The number of halogens is 3. The average Bonchev–Trinajstić information content (AvgIpc) is 3.20. The van der Waals surface area contributed by atoms with Crippen molar-refractivity contribution in [3.8, 4) is 0 Å². The Morgan fingerprint density at radius 2 is 1.95 bits per heavy atom. The Balaban J connectivity index is 2.10. The molecule has 1 aliphatic carbocycles. The van der Waals surface area contributed by atoms with Gasteiger partial charge in [0, 0.05) is 19.1 Å². The maximum absolute atomic E-state index is 12.7. The highest BCUT2D eigenvalue weighted by Crippen LogP contribution is 2.34. The van der Waals surface area contributed by atoms with Crippen LogP contribution in [0.15, 0.2) is 0 Å². The lowest BCUT2D eigenvalue weighted by atomic mass is 10.00. The van der Waals surface area contributed by atoms with Gasteiger partial charge in [0.25, 0.3) is 10.2 Å². The average molecular weight is 329 g/mol. The first-order chi connectivity index (χ1) is 9.74. The molecule has 21 heavy (non-hydrogen) atoms. The van der Waals surface area contributed by atoms with Crippen molar-refractivity contribution in [2.24, 2.45) is 5.92 Å². The lowest BCUT2D eigenvalue weighted by Crippen LogP contribution is -2.52. The Hall–Kier alpha value is -0.380. The highest BCUT2D eigenvalue weighted by Gasteiger charge is 2.46. The van der Waals surface area contributed by atoms with Crippen molar-refractivity contribution in [2.75, 3.05) is 33.2 Å². The summed E-state index contributed by atoms with van der Waals surface area (Å²) in [5.74, 6) is 0.158. The van der Waals surface area contributed by atoms with Gasteiger partial charge in [-0.15, -0.1) is 0 Å². The van der Waals surface area contributed by atoms with Gasteiger partial charge in [0.05, 0.1) is 0 Å². The fourth-order valence-corrected chi connectivity index (χ4v) is 4.73. The van der Waals surface area contributed by atoms with Gasteiger partial charge in [0.2, 0.25) is 0 Å². The zero-order chi connectivity index (χ0) is 15.7. The maximum Gasteiger partial charge on any atom is 0.402 e. The molecule has 0 radical (unpaired) electrons. The van der Waals surface area contributed by atoms with Crippen molar-refractivity contribution < 1.29 is 21.6 Å². The molecule has 0 aromatic heterocycles. The van der Waals surface area contributed by atoms with Crippen LogP contribution in [0.2, 0.25) is 0 Å². The third-order valence-electron chi connectivity index (χ3n) is 3.89. The van der Waals surface area contributed by atoms with Crippen LogP contribution in [0.5, 0.6) is 0 Å². The van der Waals surface area contributed by atoms with Crippen LogP contribution < -0.4 is 5.32 Å². The molecule has 2 rings (SSSR count). The molecule has 9 heteroatoms. The number of nitrogens with one attached hydrogen (secondary N) is 1. The summed E-state index contributed by atoms with van der Waals surface area (Å²) in [6.07, 6.45) is -1.88. The molecule has 0 bridgehead atoms. The number of alkyl halides is 3. The standard InChI is InChI=1S/C12H22F3N3O2S/c1-16-7-10-3-2-6-17(8-10)21(19,20)18(11-4-5-11)9-12(13,14)15/h10-11,16H,2-9H2,1H3. The van der Waals surface area contributed by atoms with Crippen molar-refractivity contribution in [2.45, 2.75) is 37.9 Å². The Morgan fingerprint density at radius 1 is 1.29 bits per heavy atom. The summed E-state index contributed by atoms with van der Waals surface area (Å²) in [5.41, 5.74) is 0. The zero-order valence-corrected chi connectivity index (χ0v) is 12.9. The summed E-state index contributed by atoms with van der Waals surface area (Å²) in [7, 11) is -2.24. The van der Waals surface area contributed by atoms with Gasteiger partial charge in [-0.05, 0) is 45.2 Å². The van der Waals surface area contributed by atoms with Gasteiger partial charge in [-0.3, -0.25) is 0 Å². The second-order valence-electron chi connectivity index (χ2n) is 5.82. The van der Waals surface area contributed by atoms with E-state index in [2.05, 4.69) is 5.32 Å². The molecule has 0 aromatic carbocycles. The maximum atomic E-state index is 12.7. The van der Waals surface area contributed by atoms with E-state index in [1.807, 2.05) is 0 Å². The van der Waals surface area contributed by atoms with Gasteiger partial charge >= 0.3 is 6.18 Å². The minimum Gasteiger partial charge on any atom is -0.319 e. The predicted octanol–water partition coefficient (Wildman–Crippen LogP) is 1.19. The summed E-state index contributed by atoms with van der Waals surface area (Å²) in [6, 6.07) is -0.485. The van der Waals surface area contributed by atoms with E-state index in [9.17, 15) is 21.6 Å². The number of hydrogen-bond acceptors (Lipinski definition) is 3. The van der Waals surface area contributed by atoms with Crippen LogP contribution in [-0.2, 0) is 10.2 Å². The minimum absolute atomic E-state index is 0.158. The van der Waals surface area contributed by atoms with E-state index in [0.29, 0.717) is 43.2 Å². The molecule has 2 aliphatic rings. The van der Waals surface area contributed by atoms with Crippen LogP contribution in [0.3, 0.4) is 0 Å². The number of nitrogens with zero attached hydrogens (tertiary/aromatic N) is 2. The smallest absolute Gasteiger partial charge is 0.319 e. The van der Waals surface area contributed by atoms with Crippen LogP contribution in [0, 0.1) is 5.92 Å². The molecule has 1 saturated heterocycles. The second kappa shape index (κ2) is 6.39. The molecule has 124 valence electrons. The summed E-state index contributed by atoms with van der Waals surface area (Å²) in [6.45, 7) is -0.101. The lowest BCUT2D eigenvalue weighted by molar-refractivity contribution is -0.137. The summed E-state index contributed by atoms with van der Waals surface area (Å²) in [5, 5.41) is 3.00. The quantitative estimate of drug-likeness (QED) is 0.796. The number of piperidine rings is 1. The van der Waals surface area contributed by atoms with Crippen molar-refractivity contribution in [3.63, 3.8) is 0 Å². The molecule has 1 heterocycles. The van der Waals surface area contributed by atoms with E-state index in [4.69, 9.17) is 0 Å². The summed E-state index contributed by atoms with van der Waals surface area (Å²) < 4.78 is 64.9. The molecule has 1 aliphatic heterocycles. The fourth-order valence-electron chi connectivity index (χ4n) is 2.78. The Kier molecular flexibility index (Phi) is 5.17. The van der Waals surface area contributed by atoms with Crippen molar-refractivity contribution >= 4 is 10.2 Å². The first-order valence-corrected chi connectivity index (χ1v) is 8.62. The first kappa shape index (κ1) is 17.0. The van der Waals surface area contributed by atoms with Gasteiger partial charge in [0.1, 0.15) is 6.54 Å². The molecule has 0 aromatic rings. The van der Waals surface area contributed by atoms with E-state index in [0.717, 1.165) is 6.42 Å². The highest BCUT2D eigenvalue weighted by atomic mass is 32.2. The van der Waals surface area contributed by atoms with E-state index < -0.39 is 29.0 Å². The molecule has 1 N–H and O–H groups in total. The van der Waals surface area contributed by atoms with Crippen LogP contribution >= 0.6 is 0 Å². The first-order valence-electron chi connectivity index (χ1n) is 7.22. The molecule has 2 fully saturated rings. The van der Waals surface area contributed by atoms with Gasteiger partial charge in [-0.1, -0.05) is 0 Å². The van der Waals surface area contributed by atoms with Gasteiger partial charge < -0.3 is 5.32 Å². The lowest BCUT2D eigenvalue weighted by Gasteiger charge is -2.35. The highest BCUT2D eigenvalue weighted by molar-refractivity contribution is 7.86. The summed E-state index contributed by atoms with van der Waals surface area (Å²) >= 11 is 0. The van der Waals surface area contributed by atoms with Crippen molar-refractivity contribution in [3.05, 3.63) is 0 Å². The molecule has 5 nitrogen and oxygen atoms in total. The molecule has 0 spiro atoms. The van der Waals surface area contributed by atoms with Gasteiger partial charge in [-0.25, -0.2) is 0 Å². The SMILES string of the molecule is CNCC1CCCN(S(=O)(=O)N(CC(F)(F)F)C2CC2)C1. The second-order valence-corrected chi connectivity index (χ2v) is 7.70. The van der Waals surface area contributed by atoms with Gasteiger partial charge in [-0.2, -0.15) is 30.2 Å².